The third kappa shape index (κ3) is 7.95. The van der Waals surface area contributed by atoms with Crippen LogP contribution in [0.4, 0.5) is 9.18 Å². The third-order valence-electron chi connectivity index (χ3n) is 4.74. The fraction of sp³-hybridized carbons (Fsp3) is 0.360. The normalized spacial score (nSPS) is 11.9. The van der Waals surface area contributed by atoms with Crippen molar-refractivity contribution >= 4 is 35.2 Å². The van der Waals surface area contributed by atoms with E-state index in [0.29, 0.717) is 5.56 Å². The Bertz CT molecular complexity index is 1080. The van der Waals surface area contributed by atoms with Crippen LogP contribution >= 0.6 is 11.6 Å². The van der Waals surface area contributed by atoms with Gasteiger partial charge in [-0.3, -0.25) is 14.4 Å². The number of alkyl carbamates (subject to hydrolysis) is 1. The molecule has 34 heavy (non-hydrogen) atoms. The third-order valence-corrected chi connectivity index (χ3v) is 4.98. The largest absolute Gasteiger partial charge is 0.469 e. The van der Waals surface area contributed by atoms with E-state index in [4.69, 9.17) is 16.3 Å². The molecule has 0 spiro atoms. The number of carbonyl (C=O) groups excluding carboxylic acids is 4. The van der Waals surface area contributed by atoms with E-state index >= 15 is 0 Å². The Morgan fingerprint density at radius 1 is 1.06 bits per heavy atom. The smallest absolute Gasteiger partial charge is 0.408 e. The van der Waals surface area contributed by atoms with E-state index in [2.05, 4.69) is 10.1 Å². The van der Waals surface area contributed by atoms with Crippen molar-refractivity contribution in [1.29, 1.82) is 0 Å². The van der Waals surface area contributed by atoms with Crippen LogP contribution in [0, 0.1) is 5.82 Å². The van der Waals surface area contributed by atoms with Gasteiger partial charge < -0.3 is 14.8 Å². The molecular formula is C25H27ClFNO6. The number of nitrogens with one attached hydrogen (secondary N) is 1. The zero-order chi connectivity index (χ0) is 25.5. The number of carbonyl (C=O) groups is 4. The SMILES string of the molecule is COC(=O)CC[C@H](NC(=O)OC(C)(C)C)C(=O)Cc1ccc(Cl)cc1C(=O)c1ccccc1F. The zero-order valence-electron chi connectivity index (χ0n) is 19.4. The molecule has 0 aliphatic rings. The van der Waals surface area contributed by atoms with Crippen LogP contribution in [0.5, 0.6) is 0 Å². The van der Waals surface area contributed by atoms with Crippen LogP contribution in [-0.4, -0.2) is 42.4 Å². The van der Waals surface area contributed by atoms with E-state index in [9.17, 15) is 23.6 Å². The van der Waals surface area contributed by atoms with Crippen molar-refractivity contribution in [1.82, 2.24) is 5.32 Å². The van der Waals surface area contributed by atoms with Gasteiger partial charge in [0.25, 0.3) is 0 Å². The molecule has 0 saturated heterocycles. The van der Waals surface area contributed by atoms with Gasteiger partial charge in [-0.05, 0) is 57.0 Å². The highest BCUT2D eigenvalue weighted by Gasteiger charge is 2.27. The van der Waals surface area contributed by atoms with E-state index < -0.39 is 41.1 Å². The first-order chi connectivity index (χ1) is 15.9. The van der Waals surface area contributed by atoms with Crippen molar-refractivity contribution in [3.63, 3.8) is 0 Å². The molecule has 7 nitrogen and oxygen atoms in total. The number of hydrogen-bond acceptors (Lipinski definition) is 6. The van der Waals surface area contributed by atoms with Crippen molar-refractivity contribution in [3.05, 3.63) is 70.0 Å². The van der Waals surface area contributed by atoms with Crippen LogP contribution < -0.4 is 5.32 Å². The lowest BCUT2D eigenvalue weighted by atomic mass is 9.93. The van der Waals surface area contributed by atoms with Crippen molar-refractivity contribution in [2.75, 3.05) is 7.11 Å². The molecule has 1 amide bonds. The monoisotopic (exact) mass is 491 g/mol. The molecule has 0 bridgehead atoms. The Kier molecular flexibility index (Phi) is 9.32. The number of esters is 1. The van der Waals surface area contributed by atoms with E-state index in [1.165, 1.54) is 43.5 Å². The van der Waals surface area contributed by atoms with Crippen molar-refractivity contribution in [3.8, 4) is 0 Å². The number of methoxy groups -OCH3 is 1. The highest BCUT2D eigenvalue weighted by atomic mass is 35.5. The molecule has 2 aromatic rings. The van der Waals surface area contributed by atoms with Gasteiger partial charge in [-0.1, -0.05) is 29.8 Å². The van der Waals surface area contributed by atoms with Gasteiger partial charge in [-0.15, -0.1) is 0 Å². The highest BCUT2D eigenvalue weighted by Crippen LogP contribution is 2.22. The molecule has 2 aromatic carbocycles. The quantitative estimate of drug-likeness (QED) is 0.404. The first-order valence-electron chi connectivity index (χ1n) is 10.6. The molecule has 0 fully saturated rings. The molecule has 0 radical (unpaired) electrons. The zero-order valence-corrected chi connectivity index (χ0v) is 20.2. The fourth-order valence-electron chi connectivity index (χ4n) is 3.14. The number of Topliss-reactive ketones (excluding diaryl/α,β-unsaturated/α-hetero) is 1. The number of ketones is 2. The van der Waals surface area contributed by atoms with E-state index in [1.54, 1.807) is 20.8 Å². The van der Waals surface area contributed by atoms with Crippen molar-refractivity contribution in [2.24, 2.45) is 0 Å². The topological polar surface area (TPSA) is 98.8 Å². The van der Waals surface area contributed by atoms with E-state index in [1.807, 2.05) is 0 Å². The minimum absolute atomic E-state index is 0.0328. The maximum Gasteiger partial charge on any atom is 0.408 e. The minimum Gasteiger partial charge on any atom is -0.469 e. The standard InChI is InChI=1S/C25H27ClFNO6/c1-25(2,3)34-24(32)28-20(11-12-22(30)33-4)21(29)13-15-9-10-16(26)14-18(15)23(31)17-7-5-6-8-19(17)27/h5-10,14,20H,11-13H2,1-4H3,(H,28,32)/t20-/m0/s1. The molecule has 0 aromatic heterocycles. The van der Waals surface area contributed by atoms with Gasteiger partial charge in [-0.25, -0.2) is 9.18 Å². The van der Waals surface area contributed by atoms with Crippen LogP contribution in [0.2, 0.25) is 5.02 Å². The maximum absolute atomic E-state index is 14.2. The predicted molar refractivity (Wildman–Crippen MR) is 124 cm³/mol. The van der Waals surface area contributed by atoms with Crippen LogP contribution in [0.15, 0.2) is 42.5 Å². The van der Waals surface area contributed by atoms with Crippen molar-refractivity contribution in [2.45, 2.75) is 51.7 Å². The Balaban J connectivity index is 2.31. The molecule has 2 rings (SSSR count). The lowest BCUT2D eigenvalue weighted by Crippen LogP contribution is -2.44. The van der Waals surface area contributed by atoms with Crippen LogP contribution in [0.3, 0.4) is 0 Å². The lowest BCUT2D eigenvalue weighted by molar-refractivity contribution is -0.140. The van der Waals surface area contributed by atoms with Gasteiger partial charge in [0.05, 0.1) is 18.7 Å². The number of halogens is 2. The summed E-state index contributed by atoms with van der Waals surface area (Å²) in [6.45, 7) is 5.02. The van der Waals surface area contributed by atoms with Crippen LogP contribution in [0.25, 0.3) is 0 Å². The highest BCUT2D eigenvalue weighted by molar-refractivity contribution is 6.31. The van der Waals surface area contributed by atoms with Gasteiger partial charge in [0.2, 0.25) is 0 Å². The molecule has 9 heteroatoms. The summed E-state index contributed by atoms with van der Waals surface area (Å²) < 4.78 is 24.0. The number of hydrogen-bond donors (Lipinski definition) is 1. The summed E-state index contributed by atoms with van der Waals surface area (Å²) in [5, 5.41) is 2.73. The maximum atomic E-state index is 14.2. The molecule has 1 N–H and O–H groups in total. The molecule has 1 atom stereocenters. The van der Waals surface area contributed by atoms with Gasteiger partial charge in [0.1, 0.15) is 11.4 Å². The van der Waals surface area contributed by atoms with Gasteiger partial charge in [-0.2, -0.15) is 0 Å². The van der Waals surface area contributed by atoms with E-state index in [0.717, 1.165) is 6.07 Å². The Hall–Kier alpha value is -3.26. The summed E-state index contributed by atoms with van der Waals surface area (Å²) in [4.78, 5) is 50.0. The molecule has 0 unspecified atom stereocenters. The molecular weight excluding hydrogens is 465 g/mol. The summed E-state index contributed by atoms with van der Waals surface area (Å²) in [5.74, 6) is -2.35. The van der Waals surface area contributed by atoms with Crippen LogP contribution in [0.1, 0.15) is 55.1 Å². The Morgan fingerprint density at radius 2 is 1.74 bits per heavy atom. The molecule has 0 saturated carbocycles. The number of rotatable bonds is 9. The number of ether oxygens (including phenoxy) is 2. The Morgan fingerprint density at radius 3 is 2.35 bits per heavy atom. The first kappa shape index (κ1) is 27.0. The van der Waals surface area contributed by atoms with Gasteiger partial charge in [0.15, 0.2) is 11.6 Å². The second-order valence-electron chi connectivity index (χ2n) is 8.57. The second-order valence-corrected chi connectivity index (χ2v) is 9.00. The summed E-state index contributed by atoms with van der Waals surface area (Å²) in [5.41, 5.74) is -0.588. The lowest BCUT2D eigenvalue weighted by Gasteiger charge is -2.23. The summed E-state index contributed by atoms with van der Waals surface area (Å²) >= 11 is 6.06. The molecule has 182 valence electrons. The summed E-state index contributed by atoms with van der Waals surface area (Å²) in [6, 6.07) is 8.78. The summed E-state index contributed by atoms with van der Waals surface area (Å²) in [7, 11) is 1.22. The molecule has 0 aliphatic carbocycles. The average molecular weight is 492 g/mol. The molecule has 0 heterocycles. The van der Waals surface area contributed by atoms with E-state index in [-0.39, 0.29) is 35.4 Å². The average Bonchev–Trinajstić information content (AvgIpc) is 2.76. The second kappa shape index (κ2) is 11.7. The van der Waals surface area contributed by atoms with Gasteiger partial charge >= 0.3 is 12.1 Å². The Labute approximate surface area is 202 Å². The minimum atomic E-state index is -1.08. The van der Waals surface area contributed by atoms with Crippen molar-refractivity contribution < 1.29 is 33.0 Å². The molecule has 0 aliphatic heterocycles. The predicted octanol–water partition coefficient (Wildman–Crippen LogP) is 4.67. The number of amides is 1. The number of benzene rings is 2. The first-order valence-corrected chi connectivity index (χ1v) is 11.0. The van der Waals surface area contributed by atoms with Crippen LogP contribution in [-0.2, 0) is 25.5 Å². The van der Waals surface area contributed by atoms with Gasteiger partial charge in [0, 0.05) is 23.4 Å². The summed E-state index contributed by atoms with van der Waals surface area (Å²) in [6.07, 6.45) is -1.25. The fourth-order valence-corrected chi connectivity index (χ4v) is 3.32.